The van der Waals surface area contributed by atoms with Crippen LogP contribution >= 0.6 is 15.9 Å². The third-order valence-electron chi connectivity index (χ3n) is 3.53. The Morgan fingerprint density at radius 2 is 1.80 bits per heavy atom. The van der Waals surface area contributed by atoms with Gasteiger partial charge in [-0.1, -0.05) is 52.3 Å². The maximum absolute atomic E-state index is 11.1. The van der Waals surface area contributed by atoms with E-state index in [1.54, 1.807) is 0 Å². The van der Waals surface area contributed by atoms with E-state index in [2.05, 4.69) is 38.7 Å². The number of aryl methyl sites for hydroxylation is 2. The maximum Gasteiger partial charge on any atom is 0.152 e. The molecule has 3 heteroatoms. The van der Waals surface area contributed by atoms with Crippen LogP contribution in [-0.2, 0) is 13.0 Å². The number of para-hydroxylation sites is 1. The second-order valence-electron chi connectivity index (χ2n) is 4.75. The van der Waals surface area contributed by atoms with Gasteiger partial charge in [0.05, 0.1) is 0 Å². The molecular formula is C17H14BrNO. The van der Waals surface area contributed by atoms with E-state index >= 15 is 0 Å². The third-order valence-corrected chi connectivity index (χ3v) is 4.30. The standard InChI is InChI=1S/C17H14BrNO/c18-16-7-3-1-5-13(16)9-10-19-11-14(12-20)15-6-2-4-8-17(15)19/h1-8,11-12H,9-10H2. The number of benzene rings is 2. The monoisotopic (exact) mass is 327 g/mol. The van der Waals surface area contributed by atoms with Gasteiger partial charge in [-0.3, -0.25) is 4.79 Å². The van der Waals surface area contributed by atoms with Crippen LogP contribution in [0.5, 0.6) is 0 Å². The summed E-state index contributed by atoms with van der Waals surface area (Å²) in [6.45, 7) is 0.858. The van der Waals surface area contributed by atoms with E-state index in [1.165, 1.54) is 5.56 Å². The molecule has 3 rings (SSSR count). The number of rotatable bonds is 4. The number of nitrogens with zero attached hydrogens (tertiary/aromatic N) is 1. The first-order chi connectivity index (χ1) is 9.79. The Morgan fingerprint density at radius 1 is 1.05 bits per heavy atom. The lowest BCUT2D eigenvalue weighted by molar-refractivity contribution is 0.112. The number of halogens is 1. The summed E-state index contributed by atoms with van der Waals surface area (Å²) in [5.41, 5.74) is 3.15. The van der Waals surface area contributed by atoms with Crippen LogP contribution in [0.2, 0.25) is 0 Å². The van der Waals surface area contributed by atoms with Crippen molar-refractivity contribution in [1.29, 1.82) is 0 Å². The topological polar surface area (TPSA) is 22.0 Å². The number of aromatic nitrogens is 1. The van der Waals surface area contributed by atoms with E-state index < -0.39 is 0 Å². The molecule has 0 unspecified atom stereocenters. The first kappa shape index (κ1) is 13.1. The second kappa shape index (κ2) is 5.63. The zero-order valence-corrected chi connectivity index (χ0v) is 12.5. The predicted octanol–water partition coefficient (Wildman–Crippen LogP) is 4.46. The fourth-order valence-electron chi connectivity index (χ4n) is 2.50. The first-order valence-corrected chi connectivity index (χ1v) is 7.35. The number of hydrogen-bond acceptors (Lipinski definition) is 1. The highest BCUT2D eigenvalue weighted by Gasteiger charge is 2.07. The molecule has 1 aromatic heterocycles. The van der Waals surface area contributed by atoms with Crippen molar-refractivity contribution in [2.45, 2.75) is 13.0 Å². The molecule has 2 nitrogen and oxygen atoms in total. The SMILES string of the molecule is O=Cc1cn(CCc2ccccc2Br)c2ccccc12. The number of aldehydes is 1. The van der Waals surface area contributed by atoms with Crippen LogP contribution in [0.1, 0.15) is 15.9 Å². The number of carbonyl (C=O) groups is 1. The minimum absolute atomic E-state index is 0.757. The minimum Gasteiger partial charge on any atom is -0.346 e. The van der Waals surface area contributed by atoms with Crippen molar-refractivity contribution >= 4 is 33.1 Å². The molecule has 0 aliphatic carbocycles. The van der Waals surface area contributed by atoms with Gasteiger partial charge < -0.3 is 4.57 Å². The summed E-state index contributed by atoms with van der Waals surface area (Å²) in [6, 6.07) is 16.3. The molecule has 0 bridgehead atoms. The average Bonchev–Trinajstić information content (AvgIpc) is 2.85. The highest BCUT2D eigenvalue weighted by atomic mass is 79.9. The fraction of sp³-hybridized carbons (Fsp3) is 0.118. The Hall–Kier alpha value is -1.87. The summed E-state index contributed by atoms with van der Waals surface area (Å²) in [5, 5.41) is 1.02. The Balaban J connectivity index is 1.92. The molecule has 3 aromatic rings. The Labute approximate surface area is 126 Å². The molecule has 0 fully saturated rings. The minimum atomic E-state index is 0.757. The van der Waals surface area contributed by atoms with Crippen molar-refractivity contribution in [1.82, 2.24) is 4.57 Å². The molecular weight excluding hydrogens is 314 g/mol. The molecule has 0 aliphatic heterocycles. The van der Waals surface area contributed by atoms with Crippen LogP contribution in [-0.4, -0.2) is 10.9 Å². The smallest absolute Gasteiger partial charge is 0.152 e. The largest absolute Gasteiger partial charge is 0.346 e. The molecule has 0 saturated heterocycles. The molecule has 100 valence electrons. The highest BCUT2D eigenvalue weighted by Crippen LogP contribution is 2.22. The molecule has 20 heavy (non-hydrogen) atoms. The molecule has 0 N–H and O–H groups in total. The molecule has 0 aliphatic rings. The van der Waals surface area contributed by atoms with Crippen LogP contribution in [0.3, 0.4) is 0 Å². The summed E-state index contributed by atoms with van der Waals surface area (Å²) < 4.78 is 3.28. The van der Waals surface area contributed by atoms with Gasteiger partial charge in [0.1, 0.15) is 0 Å². The van der Waals surface area contributed by atoms with Gasteiger partial charge in [-0.25, -0.2) is 0 Å². The number of fused-ring (bicyclic) bond motifs is 1. The van der Waals surface area contributed by atoms with Crippen LogP contribution < -0.4 is 0 Å². The zero-order valence-electron chi connectivity index (χ0n) is 10.9. The Bertz CT molecular complexity index is 761. The lowest BCUT2D eigenvalue weighted by Gasteiger charge is -2.07. The normalized spacial score (nSPS) is 10.8. The summed E-state index contributed by atoms with van der Waals surface area (Å²) >= 11 is 3.57. The van der Waals surface area contributed by atoms with Gasteiger partial charge in [-0.2, -0.15) is 0 Å². The van der Waals surface area contributed by atoms with Crippen molar-refractivity contribution in [3.05, 3.63) is 70.3 Å². The summed E-state index contributed by atoms with van der Waals surface area (Å²) in [4.78, 5) is 11.1. The van der Waals surface area contributed by atoms with Gasteiger partial charge in [0, 0.05) is 33.7 Å². The van der Waals surface area contributed by atoms with E-state index in [0.717, 1.165) is 40.2 Å². The van der Waals surface area contributed by atoms with E-state index in [0.29, 0.717) is 0 Å². The zero-order chi connectivity index (χ0) is 13.9. The van der Waals surface area contributed by atoms with Crippen LogP contribution in [0, 0.1) is 0 Å². The van der Waals surface area contributed by atoms with Crippen molar-refractivity contribution in [3.63, 3.8) is 0 Å². The van der Waals surface area contributed by atoms with Crippen LogP contribution in [0.25, 0.3) is 10.9 Å². The molecule has 1 heterocycles. The van der Waals surface area contributed by atoms with Gasteiger partial charge >= 0.3 is 0 Å². The van der Waals surface area contributed by atoms with E-state index in [-0.39, 0.29) is 0 Å². The van der Waals surface area contributed by atoms with Crippen molar-refractivity contribution in [2.75, 3.05) is 0 Å². The van der Waals surface area contributed by atoms with E-state index in [9.17, 15) is 4.79 Å². The first-order valence-electron chi connectivity index (χ1n) is 6.56. The third kappa shape index (κ3) is 2.41. The quantitative estimate of drug-likeness (QED) is 0.648. The molecule has 0 atom stereocenters. The van der Waals surface area contributed by atoms with E-state index in [1.807, 2.05) is 36.5 Å². The number of carbonyl (C=O) groups excluding carboxylic acids is 1. The predicted molar refractivity (Wildman–Crippen MR) is 85.2 cm³/mol. The molecule has 0 spiro atoms. The molecule has 2 aromatic carbocycles. The lowest BCUT2D eigenvalue weighted by atomic mass is 10.1. The van der Waals surface area contributed by atoms with Gasteiger partial charge in [0.25, 0.3) is 0 Å². The molecule has 0 saturated carbocycles. The van der Waals surface area contributed by atoms with Crippen molar-refractivity contribution < 1.29 is 4.79 Å². The molecule has 0 radical (unpaired) electrons. The number of hydrogen-bond donors (Lipinski definition) is 0. The average molecular weight is 328 g/mol. The second-order valence-corrected chi connectivity index (χ2v) is 5.61. The van der Waals surface area contributed by atoms with Gasteiger partial charge in [0.2, 0.25) is 0 Å². The van der Waals surface area contributed by atoms with Crippen molar-refractivity contribution in [2.24, 2.45) is 0 Å². The Kier molecular flexibility index (Phi) is 3.70. The maximum atomic E-state index is 11.1. The summed E-state index contributed by atoms with van der Waals surface area (Å²) in [6.07, 6.45) is 3.80. The fourth-order valence-corrected chi connectivity index (χ4v) is 2.98. The van der Waals surface area contributed by atoms with Crippen LogP contribution in [0.4, 0.5) is 0 Å². The van der Waals surface area contributed by atoms with E-state index in [4.69, 9.17) is 0 Å². The van der Waals surface area contributed by atoms with Crippen molar-refractivity contribution in [3.8, 4) is 0 Å². The summed E-state index contributed by atoms with van der Waals surface area (Å²) in [5.74, 6) is 0. The van der Waals surface area contributed by atoms with Gasteiger partial charge in [-0.05, 0) is 24.1 Å². The van der Waals surface area contributed by atoms with Gasteiger partial charge in [-0.15, -0.1) is 0 Å². The summed E-state index contributed by atoms with van der Waals surface area (Å²) in [7, 11) is 0. The van der Waals surface area contributed by atoms with Crippen LogP contribution in [0.15, 0.2) is 59.2 Å². The van der Waals surface area contributed by atoms with Gasteiger partial charge in [0.15, 0.2) is 6.29 Å². The Morgan fingerprint density at radius 3 is 2.60 bits per heavy atom. The lowest BCUT2D eigenvalue weighted by Crippen LogP contribution is -2.00. The molecule has 0 amide bonds. The highest BCUT2D eigenvalue weighted by molar-refractivity contribution is 9.10.